The SMILES string of the molecule is CC1CCC(C(C)C)C(NC(C)C2CCC2)C1. The third kappa shape index (κ3) is 3.24. The van der Waals surface area contributed by atoms with E-state index in [1.807, 2.05) is 0 Å². The van der Waals surface area contributed by atoms with Crippen LogP contribution in [-0.2, 0) is 0 Å². The molecule has 2 saturated carbocycles. The Morgan fingerprint density at radius 3 is 2.24 bits per heavy atom. The summed E-state index contributed by atoms with van der Waals surface area (Å²) in [7, 11) is 0. The summed E-state index contributed by atoms with van der Waals surface area (Å²) in [6.45, 7) is 9.66. The van der Waals surface area contributed by atoms with Crippen molar-refractivity contribution >= 4 is 0 Å². The van der Waals surface area contributed by atoms with Gasteiger partial charge in [-0.1, -0.05) is 33.6 Å². The quantitative estimate of drug-likeness (QED) is 0.771. The fraction of sp³-hybridized carbons (Fsp3) is 1.00. The molecule has 0 spiro atoms. The van der Waals surface area contributed by atoms with E-state index in [1.54, 1.807) is 0 Å². The Hall–Kier alpha value is -0.0400. The zero-order valence-corrected chi connectivity index (χ0v) is 12.2. The molecule has 2 aliphatic rings. The molecule has 17 heavy (non-hydrogen) atoms. The lowest BCUT2D eigenvalue weighted by atomic mass is 9.72. The highest BCUT2D eigenvalue weighted by Crippen LogP contribution is 2.35. The van der Waals surface area contributed by atoms with Crippen molar-refractivity contribution < 1.29 is 0 Å². The van der Waals surface area contributed by atoms with Crippen LogP contribution in [0.15, 0.2) is 0 Å². The molecule has 0 radical (unpaired) electrons. The van der Waals surface area contributed by atoms with Crippen LogP contribution in [0.1, 0.15) is 66.2 Å². The van der Waals surface area contributed by atoms with Crippen LogP contribution >= 0.6 is 0 Å². The Kier molecular flexibility index (Phi) is 4.52. The van der Waals surface area contributed by atoms with Crippen molar-refractivity contribution in [3.63, 3.8) is 0 Å². The first-order chi connectivity index (χ1) is 8.08. The number of nitrogens with one attached hydrogen (secondary N) is 1. The number of hydrogen-bond acceptors (Lipinski definition) is 1. The molecule has 0 amide bonds. The highest BCUT2D eigenvalue weighted by atomic mass is 15.0. The first-order valence-corrected chi connectivity index (χ1v) is 7.84. The topological polar surface area (TPSA) is 12.0 Å². The van der Waals surface area contributed by atoms with Gasteiger partial charge in [0.05, 0.1) is 0 Å². The van der Waals surface area contributed by atoms with Gasteiger partial charge >= 0.3 is 0 Å². The van der Waals surface area contributed by atoms with E-state index in [2.05, 4.69) is 33.0 Å². The van der Waals surface area contributed by atoms with E-state index < -0.39 is 0 Å². The molecule has 1 nitrogen and oxygen atoms in total. The number of hydrogen-bond donors (Lipinski definition) is 1. The average Bonchev–Trinajstić information content (AvgIpc) is 2.13. The zero-order chi connectivity index (χ0) is 12.4. The summed E-state index contributed by atoms with van der Waals surface area (Å²) < 4.78 is 0. The van der Waals surface area contributed by atoms with E-state index in [1.165, 1.54) is 38.5 Å². The van der Waals surface area contributed by atoms with E-state index in [9.17, 15) is 0 Å². The van der Waals surface area contributed by atoms with Crippen LogP contribution in [0.4, 0.5) is 0 Å². The largest absolute Gasteiger partial charge is 0.311 e. The Labute approximate surface area is 108 Å². The highest BCUT2D eigenvalue weighted by molar-refractivity contribution is 4.89. The lowest BCUT2D eigenvalue weighted by Crippen LogP contribution is -2.49. The molecule has 2 aliphatic carbocycles. The molecule has 1 N–H and O–H groups in total. The van der Waals surface area contributed by atoms with Crippen LogP contribution in [0.3, 0.4) is 0 Å². The van der Waals surface area contributed by atoms with Crippen LogP contribution in [0.2, 0.25) is 0 Å². The summed E-state index contributed by atoms with van der Waals surface area (Å²) in [5.74, 6) is 3.65. The third-order valence-corrected chi connectivity index (χ3v) is 5.36. The van der Waals surface area contributed by atoms with Crippen molar-refractivity contribution in [3.8, 4) is 0 Å². The summed E-state index contributed by atoms with van der Waals surface area (Å²) in [5.41, 5.74) is 0. The van der Waals surface area contributed by atoms with Crippen molar-refractivity contribution in [2.45, 2.75) is 78.3 Å². The molecule has 1 heteroatoms. The van der Waals surface area contributed by atoms with Gasteiger partial charge in [-0.2, -0.15) is 0 Å². The lowest BCUT2D eigenvalue weighted by molar-refractivity contribution is 0.134. The third-order valence-electron chi connectivity index (χ3n) is 5.36. The van der Waals surface area contributed by atoms with Gasteiger partial charge in [-0.25, -0.2) is 0 Å². The van der Waals surface area contributed by atoms with Crippen molar-refractivity contribution in [3.05, 3.63) is 0 Å². The Morgan fingerprint density at radius 2 is 1.71 bits per heavy atom. The smallest absolute Gasteiger partial charge is 0.0103 e. The van der Waals surface area contributed by atoms with Crippen molar-refractivity contribution in [1.29, 1.82) is 0 Å². The molecule has 0 saturated heterocycles. The summed E-state index contributed by atoms with van der Waals surface area (Å²) in [6.07, 6.45) is 8.67. The van der Waals surface area contributed by atoms with Crippen molar-refractivity contribution in [2.24, 2.45) is 23.7 Å². The fourth-order valence-corrected chi connectivity index (χ4v) is 3.81. The molecule has 0 aromatic heterocycles. The zero-order valence-electron chi connectivity index (χ0n) is 12.2. The van der Waals surface area contributed by atoms with Crippen LogP contribution in [0.25, 0.3) is 0 Å². The summed E-state index contributed by atoms with van der Waals surface area (Å²) in [6, 6.07) is 1.54. The van der Waals surface area contributed by atoms with E-state index in [0.29, 0.717) is 0 Å². The monoisotopic (exact) mass is 237 g/mol. The standard InChI is InChI=1S/C16H31N/c1-11(2)15-9-8-12(3)10-16(15)17-13(4)14-6-5-7-14/h11-17H,5-10H2,1-4H3. The van der Waals surface area contributed by atoms with E-state index in [-0.39, 0.29) is 0 Å². The minimum Gasteiger partial charge on any atom is -0.311 e. The van der Waals surface area contributed by atoms with Crippen LogP contribution in [-0.4, -0.2) is 12.1 Å². The molecular formula is C16H31N. The van der Waals surface area contributed by atoms with Gasteiger partial charge in [0, 0.05) is 12.1 Å². The second-order valence-electron chi connectivity index (χ2n) is 7.08. The molecule has 0 aromatic carbocycles. The summed E-state index contributed by atoms with van der Waals surface area (Å²) in [4.78, 5) is 0. The van der Waals surface area contributed by atoms with Gasteiger partial charge in [-0.3, -0.25) is 0 Å². The van der Waals surface area contributed by atoms with Gasteiger partial charge in [0.1, 0.15) is 0 Å². The van der Waals surface area contributed by atoms with E-state index >= 15 is 0 Å². The second-order valence-corrected chi connectivity index (χ2v) is 7.08. The Balaban J connectivity index is 1.89. The van der Waals surface area contributed by atoms with Gasteiger partial charge < -0.3 is 5.32 Å². The Bertz CT molecular complexity index is 232. The maximum Gasteiger partial charge on any atom is 0.0103 e. The van der Waals surface area contributed by atoms with Gasteiger partial charge in [-0.15, -0.1) is 0 Å². The van der Waals surface area contributed by atoms with Crippen molar-refractivity contribution in [1.82, 2.24) is 5.32 Å². The highest BCUT2D eigenvalue weighted by Gasteiger charge is 2.33. The van der Waals surface area contributed by atoms with Crippen molar-refractivity contribution in [2.75, 3.05) is 0 Å². The summed E-state index contributed by atoms with van der Waals surface area (Å²) >= 11 is 0. The predicted octanol–water partition coefficient (Wildman–Crippen LogP) is 4.23. The minimum atomic E-state index is 0.750. The molecule has 0 heterocycles. The summed E-state index contributed by atoms with van der Waals surface area (Å²) in [5, 5.41) is 3.98. The van der Waals surface area contributed by atoms with Gasteiger partial charge in [0.2, 0.25) is 0 Å². The first kappa shape index (κ1) is 13.4. The van der Waals surface area contributed by atoms with Gasteiger partial charge in [0.25, 0.3) is 0 Å². The molecule has 4 unspecified atom stereocenters. The average molecular weight is 237 g/mol. The van der Waals surface area contributed by atoms with Crippen LogP contribution in [0, 0.1) is 23.7 Å². The minimum absolute atomic E-state index is 0.750. The maximum absolute atomic E-state index is 3.98. The van der Waals surface area contributed by atoms with Crippen LogP contribution in [0.5, 0.6) is 0 Å². The van der Waals surface area contributed by atoms with Gasteiger partial charge in [-0.05, 0) is 56.3 Å². The normalized spacial score (nSPS) is 36.9. The second kappa shape index (κ2) is 5.73. The number of rotatable bonds is 4. The lowest BCUT2D eigenvalue weighted by Gasteiger charge is -2.42. The molecular weight excluding hydrogens is 206 g/mol. The molecule has 2 rings (SSSR count). The molecule has 4 atom stereocenters. The fourth-order valence-electron chi connectivity index (χ4n) is 3.81. The van der Waals surface area contributed by atoms with E-state index in [4.69, 9.17) is 0 Å². The molecule has 0 aromatic rings. The van der Waals surface area contributed by atoms with Gasteiger partial charge in [0.15, 0.2) is 0 Å². The molecule has 0 aliphatic heterocycles. The Morgan fingerprint density at radius 1 is 1.00 bits per heavy atom. The maximum atomic E-state index is 3.98. The van der Waals surface area contributed by atoms with Crippen LogP contribution < -0.4 is 5.32 Å². The molecule has 100 valence electrons. The van der Waals surface area contributed by atoms with E-state index in [0.717, 1.165) is 35.8 Å². The molecule has 0 bridgehead atoms. The molecule has 2 fully saturated rings. The first-order valence-electron chi connectivity index (χ1n) is 7.84. The predicted molar refractivity (Wildman–Crippen MR) is 75.1 cm³/mol.